The van der Waals surface area contributed by atoms with Gasteiger partial charge in [-0.05, 0) is 50.9 Å². The van der Waals surface area contributed by atoms with E-state index in [1.54, 1.807) is 10.6 Å². The van der Waals surface area contributed by atoms with Gasteiger partial charge in [0.1, 0.15) is 5.75 Å². The number of piperazine rings is 1. The summed E-state index contributed by atoms with van der Waals surface area (Å²) in [6, 6.07) is 10.0. The molecule has 0 radical (unpaired) electrons. The Morgan fingerprint density at radius 2 is 1.83 bits per heavy atom. The van der Waals surface area contributed by atoms with E-state index in [9.17, 15) is 10.2 Å². The van der Waals surface area contributed by atoms with Gasteiger partial charge in [-0.25, -0.2) is 0 Å². The van der Waals surface area contributed by atoms with Crippen molar-refractivity contribution in [2.24, 2.45) is 5.92 Å². The van der Waals surface area contributed by atoms with Crippen LogP contribution in [0.15, 0.2) is 30.3 Å². The number of nitrogens with one attached hydrogen (secondary N) is 1. The maximum absolute atomic E-state index is 10.3. The Morgan fingerprint density at radius 3 is 2.57 bits per heavy atom. The van der Waals surface area contributed by atoms with Crippen molar-refractivity contribution in [2.45, 2.75) is 32.4 Å². The molecule has 7 nitrogen and oxygen atoms in total. The summed E-state index contributed by atoms with van der Waals surface area (Å²) in [5.74, 6) is 2.05. The Kier molecular flexibility index (Phi) is 6.69. The first-order valence-corrected chi connectivity index (χ1v) is 11.1. The highest BCUT2D eigenvalue weighted by atomic mass is 16.5. The average molecular weight is 415 g/mol. The molecule has 1 aliphatic carbocycles. The minimum atomic E-state index is 0.130. The fourth-order valence-corrected chi connectivity index (χ4v) is 4.12. The summed E-state index contributed by atoms with van der Waals surface area (Å²) in [6.45, 7) is 6.92. The van der Waals surface area contributed by atoms with Crippen molar-refractivity contribution < 1.29 is 14.9 Å². The van der Waals surface area contributed by atoms with Crippen LogP contribution in [-0.4, -0.2) is 66.1 Å². The van der Waals surface area contributed by atoms with E-state index in [4.69, 9.17) is 4.74 Å². The van der Waals surface area contributed by atoms with Crippen LogP contribution in [0.2, 0.25) is 0 Å². The summed E-state index contributed by atoms with van der Waals surface area (Å²) in [5, 5.41) is 23.4. The standard InChI is InChI=1S/C23H34N4O3/c1-24-16-19-15-22(28)27(23(19)29)10-4-9-25-11-13-26(14-12-25)20-5-2-3-6-21(20)30-17-18-7-8-18/h2-3,5-6,15,18,24,28-29H,4,7-14,16-17H2,1H3. The lowest BCUT2D eigenvalue weighted by atomic mass is 10.2. The minimum absolute atomic E-state index is 0.130. The molecule has 30 heavy (non-hydrogen) atoms. The second kappa shape index (κ2) is 9.62. The van der Waals surface area contributed by atoms with E-state index in [0.29, 0.717) is 13.1 Å². The van der Waals surface area contributed by atoms with Crippen molar-refractivity contribution >= 4 is 5.69 Å². The molecule has 2 fully saturated rings. The highest BCUT2D eigenvalue weighted by Gasteiger charge is 2.24. The Hall–Kier alpha value is -2.38. The average Bonchev–Trinajstić information content (AvgIpc) is 3.55. The predicted molar refractivity (Wildman–Crippen MR) is 118 cm³/mol. The fraction of sp³-hybridized carbons (Fsp3) is 0.565. The molecule has 2 aliphatic rings. The van der Waals surface area contributed by atoms with Crippen molar-refractivity contribution in [3.8, 4) is 17.5 Å². The van der Waals surface area contributed by atoms with Crippen molar-refractivity contribution in [2.75, 3.05) is 51.3 Å². The molecule has 0 unspecified atom stereocenters. The van der Waals surface area contributed by atoms with E-state index < -0.39 is 0 Å². The van der Waals surface area contributed by atoms with E-state index >= 15 is 0 Å². The molecule has 0 amide bonds. The summed E-state index contributed by atoms with van der Waals surface area (Å²) >= 11 is 0. The molecule has 2 heterocycles. The molecule has 164 valence electrons. The number of benzene rings is 1. The molecule has 1 aromatic heterocycles. The third-order valence-corrected chi connectivity index (χ3v) is 6.10. The summed E-state index contributed by atoms with van der Waals surface area (Å²) in [7, 11) is 1.82. The van der Waals surface area contributed by atoms with Gasteiger partial charge in [0.25, 0.3) is 0 Å². The molecule has 0 spiro atoms. The number of nitrogens with zero attached hydrogens (tertiary/aromatic N) is 3. The topological polar surface area (TPSA) is 73.1 Å². The van der Waals surface area contributed by atoms with E-state index in [1.807, 2.05) is 7.05 Å². The summed E-state index contributed by atoms with van der Waals surface area (Å²) < 4.78 is 7.68. The number of ether oxygens (including phenoxy) is 1. The molecule has 3 N–H and O–H groups in total. The second-order valence-corrected chi connectivity index (χ2v) is 8.44. The van der Waals surface area contributed by atoms with E-state index in [0.717, 1.165) is 63.0 Å². The first kappa shape index (κ1) is 20.9. The SMILES string of the molecule is CNCc1cc(O)n(CCCN2CCN(c3ccccc3OCC3CC3)CC2)c1O. The molecule has 0 atom stereocenters. The molecule has 1 saturated carbocycles. The van der Waals surface area contributed by atoms with Crippen LogP contribution in [0.1, 0.15) is 24.8 Å². The van der Waals surface area contributed by atoms with Crippen LogP contribution in [0, 0.1) is 5.92 Å². The van der Waals surface area contributed by atoms with Crippen LogP contribution in [0.25, 0.3) is 0 Å². The lowest BCUT2D eigenvalue weighted by Crippen LogP contribution is -2.46. The Bertz CT molecular complexity index is 826. The zero-order valence-corrected chi connectivity index (χ0v) is 17.9. The molecule has 1 saturated heterocycles. The number of aromatic nitrogens is 1. The lowest BCUT2D eigenvalue weighted by Gasteiger charge is -2.36. The smallest absolute Gasteiger partial charge is 0.198 e. The molecule has 7 heteroatoms. The Balaban J connectivity index is 1.25. The predicted octanol–water partition coefficient (Wildman–Crippen LogP) is 2.62. The molecule has 0 bridgehead atoms. The van der Waals surface area contributed by atoms with Gasteiger partial charge in [0, 0.05) is 50.9 Å². The fourth-order valence-electron chi connectivity index (χ4n) is 4.12. The second-order valence-electron chi connectivity index (χ2n) is 8.44. The molecular formula is C23H34N4O3. The maximum Gasteiger partial charge on any atom is 0.198 e. The molecule has 1 aliphatic heterocycles. The Labute approximate surface area is 178 Å². The molecule has 4 rings (SSSR count). The van der Waals surface area contributed by atoms with Gasteiger partial charge in [0.2, 0.25) is 0 Å². The van der Waals surface area contributed by atoms with E-state index in [-0.39, 0.29) is 11.8 Å². The first-order chi connectivity index (χ1) is 14.7. The monoisotopic (exact) mass is 414 g/mol. The number of hydrogen-bond donors (Lipinski definition) is 3. The number of anilines is 1. The van der Waals surface area contributed by atoms with Crippen LogP contribution < -0.4 is 15.0 Å². The largest absolute Gasteiger partial charge is 0.494 e. The van der Waals surface area contributed by atoms with Crippen molar-refractivity contribution in [3.63, 3.8) is 0 Å². The molecule has 1 aromatic carbocycles. The molecule has 2 aromatic rings. The summed E-state index contributed by atoms with van der Waals surface area (Å²) in [6.07, 6.45) is 3.49. The van der Waals surface area contributed by atoms with Crippen molar-refractivity contribution in [1.29, 1.82) is 0 Å². The van der Waals surface area contributed by atoms with Gasteiger partial charge < -0.3 is 25.2 Å². The summed E-state index contributed by atoms with van der Waals surface area (Å²) in [5.41, 5.74) is 1.93. The zero-order chi connectivity index (χ0) is 20.9. The van der Waals surface area contributed by atoms with E-state index in [1.165, 1.54) is 18.5 Å². The highest BCUT2D eigenvalue weighted by Crippen LogP contribution is 2.33. The third kappa shape index (κ3) is 5.02. The third-order valence-electron chi connectivity index (χ3n) is 6.10. The van der Waals surface area contributed by atoms with Crippen LogP contribution in [0.5, 0.6) is 17.5 Å². The number of para-hydroxylation sites is 2. The highest BCUT2D eigenvalue weighted by molar-refractivity contribution is 5.58. The van der Waals surface area contributed by atoms with Gasteiger partial charge >= 0.3 is 0 Å². The maximum atomic E-state index is 10.3. The van der Waals surface area contributed by atoms with Gasteiger partial charge in [0.05, 0.1) is 12.3 Å². The van der Waals surface area contributed by atoms with Gasteiger partial charge in [-0.1, -0.05) is 12.1 Å². The normalized spacial score (nSPS) is 17.4. The zero-order valence-electron chi connectivity index (χ0n) is 17.9. The van der Waals surface area contributed by atoms with E-state index in [2.05, 4.69) is 39.4 Å². The lowest BCUT2D eigenvalue weighted by molar-refractivity contribution is 0.244. The van der Waals surface area contributed by atoms with Crippen LogP contribution in [-0.2, 0) is 13.1 Å². The first-order valence-electron chi connectivity index (χ1n) is 11.1. The van der Waals surface area contributed by atoms with Crippen LogP contribution >= 0.6 is 0 Å². The van der Waals surface area contributed by atoms with Crippen molar-refractivity contribution in [1.82, 2.24) is 14.8 Å². The van der Waals surface area contributed by atoms with Gasteiger partial charge in [0.15, 0.2) is 11.8 Å². The van der Waals surface area contributed by atoms with Gasteiger partial charge in [-0.2, -0.15) is 0 Å². The van der Waals surface area contributed by atoms with Crippen LogP contribution in [0.3, 0.4) is 0 Å². The van der Waals surface area contributed by atoms with Gasteiger partial charge in [-0.3, -0.25) is 9.47 Å². The minimum Gasteiger partial charge on any atom is -0.494 e. The quantitative estimate of drug-likeness (QED) is 0.555. The number of hydrogen-bond acceptors (Lipinski definition) is 6. The number of rotatable bonds is 10. The Morgan fingerprint density at radius 1 is 1.07 bits per heavy atom. The number of aromatic hydroxyl groups is 2. The van der Waals surface area contributed by atoms with Gasteiger partial charge in [-0.15, -0.1) is 0 Å². The summed E-state index contributed by atoms with van der Waals surface area (Å²) in [4.78, 5) is 4.88. The van der Waals surface area contributed by atoms with Crippen LogP contribution in [0.4, 0.5) is 5.69 Å². The van der Waals surface area contributed by atoms with Crippen molar-refractivity contribution in [3.05, 3.63) is 35.9 Å². The molecular weight excluding hydrogens is 380 g/mol.